The molecule has 0 amide bonds. The lowest BCUT2D eigenvalue weighted by Crippen LogP contribution is -2.48. The number of aliphatic hydroxyl groups is 1. The van der Waals surface area contributed by atoms with Crippen LogP contribution < -0.4 is 0 Å². The second-order valence-electron chi connectivity index (χ2n) is 3.38. The summed E-state index contributed by atoms with van der Waals surface area (Å²) in [5.41, 5.74) is 8.34. The molecule has 4 atom stereocenters. The lowest BCUT2D eigenvalue weighted by Gasteiger charge is -2.35. The van der Waals surface area contributed by atoms with Gasteiger partial charge in [0.1, 0.15) is 6.10 Å². The van der Waals surface area contributed by atoms with Crippen molar-refractivity contribution < 1.29 is 19.4 Å². The zero-order chi connectivity index (χ0) is 11.4. The van der Waals surface area contributed by atoms with Crippen molar-refractivity contribution in [2.75, 3.05) is 0 Å². The molecule has 84 valence electrons. The van der Waals surface area contributed by atoms with Crippen LogP contribution in [0.15, 0.2) is 5.11 Å². The van der Waals surface area contributed by atoms with Crippen molar-refractivity contribution in [2.45, 2.75) is 44.8 Å². The van der Waals surface area contributed by atoms with Crippen molar-refractivity contribution in [1.29, 1.82) is 0 Å². The summed E-state index contributed by atoms with van der Waals surface area (Å²) in [6.07, 6.45) is -1.98. The van der Waals surface area contributed by atoms with Crippen molar-refractivity contribution in [3.8, 4) is 0 Å². The molecule has 0 radical (unpaired) electrons. The number of carbonyl (C=O) groups excluding carboxylic acids is 1. The highest BCUT2D eigenvalue weighted by atomic mass is 16.6. The molecule has 1 N–H and O–H groups in total. The second kappa shape index (κ2) is 4.97. The highest BCUT2D eigenvalue weighted by Gasteiger charge is 2.37. The van der Waals surface area contributed by atoms with Crippen LogP contribution in [-0.4, -0.2) is 35.6 Å². The van der Waals surface area contributed by atoms with Crippen molar-refractivity contribution in [3.05, 3.63) is 10.4 Å². The first-order valence-corrected chi connectivity index (χ1v) is 4.59. The van der Waals surface area contributed by atoms with Crippen LogP contribution in [-0.2, 0) is 14.3 Å². The van der Waals surface area contributed by atoms with E-state index in [1.54, 1.807) is 6.92 Å². The fourth-order valence-electron chi connectivity index (χ4n) is 1.58. The summed E-state index contributed by atoms with van der Waals surface area (Å²) in [6, 6.07) is -0.586. The predicted octanol–water partition coefficient (Wildman–Crippen LogP) is 0.724. The van der Waals surface area contributed by atoms with Crippen LogP contribution in [0.2, 0.25) is 0 Å². The molecule has 7 heteroatoms. The molecular formula is C8H13N3O4. The van der Waals surface area contributed by atoms with E-state index in [0.29, 0.717) is 0 Å². The molecule has 0 aromatic rings. The minimum absolute atomic E-state index is 0.131. The van der Waals surface area contributed by atoms with Crippen LogP contribution in [0.5, 0.6) is 0 Å². The lowest BCUT2D eigenvalue weighted by molar-refractivity contribution is -0.210. The van der Waals surface area contributed by atoms with E-state index in [1.807, 2.05) is 0 Å². The predicted molar refractivity (Wildman–Crippen MR) is 49.7 cm³/mol. The number of esters is 1. The van der Waals surface area contributed by atoms with Gasteiger partial charge in [-0.25, -0.2) is 0 Å². The minimum atomic E-state index is -0.984. The number of aliphatic hydroxyl groups excluding tert-OH is 1. The summed E-state index contributed by atoms with van der Waals surface area (Å²) < 4.78 is 10.0. The Morgan fingerprint density at radius 3 is 2.93 bits per heavy atom. The summed E-state index contributed by atoms with van der Waals surface area (Å²) in [5, 5.41) is 12.8. The van der Waals surface area contributed by atoms with E-state index in [0.717, 1.165) is 0 Å². The van der Waals surface area contributed by atoms with Crippen LogP contribution in [0, 0.1) is 0 Å². The van der Waals surface area contributed by atoms with E-state index in [4.69, 9.17) is 15.0 Å². The molecule has 0 aliphatic carbocycles. The number of azide groups is 1. The number of hydrogen-bond acceptors (Lipinski definition) is 5. The Morgan fingerprint density at radius 1 is 1.73 bits per heavy atom. The average molecular weight is 215 g/mol. The molecule has 0 bridgehead atoms. The highest BCUT2D eigenvalue weighted by molar-refractivity contribution is 5.66. The standard InChI is InChI=1S/C8H13N3O4/c1-4-8(15-5(2)12)6(10-11-9)3-7(13)14-4/h4,6-8,13H,3H2,1-2H3/t4-,6+,7-,8+/m0/s1. The molecule has 0 spiro atoms. The number of carbonyl (C=O) groups is 1. The smallest absolute Gasteiger partial charge is 0.303 e. The van der Waals surface area contributed by atoms with E-state index in [2.05, 4.69) is 10.0 Å². The largest absolute Gasteiger partial charge is 0.459 e. The van der Waals surface area contributed by atoms with Gasteiger partial charge in [0.25, 0.3) is 0 Å². The number of hydrogen-bond donors (Lipinski definition) is 1. The molecule has 0 aromatic carbocycles. The Morgan fingerprint density at radius 2 is 2.40 bits per heavy atom. The first-order valence-electron chi connectivity index (χ1n) is 4.59. The minimum Gasteiger partial charge on any atom is -0.459 e. The zero-order valence-corrected chi connectivity index (χ0v) is 8.53. The van der Waals surface area contributed by atoms with Crippen molar-refractivity contribution in [1.82, 2.24) is 0 Å². The van der Waals surface area contributed by atoms with Gasteiger partial charge in [-0.05, 0) is 12.5 Å². The van der Waals surface area contributed by atoms with Gasteiger partial charge in [-0.2, -0.15) is 0 Å². The van der Waals surface area contributed by atoms with Crippen LogP contribution in [0.4, 0.5) is 0 Å². The van der Waals surface area contributed by atoms with Crippen LogP contribution >= 0.6 is 0 Å². The maximum Gasteiger partial charge on any atom is 0.303 e. The van der Waals surface area contributed by atoms with E-state index in [9.17, 15) is 9.90 Å². The molecule has 1 heterocycles. The van der Waals surface area contributed by atoms with Crippen molar-refractivity contribution >= 4 is 5.97 Å². The summed E-state index contributed by atoms with van der Waals surface area (Å²) in [5.74, 6) is -0.468. The Balaban J connectivity index is 2.76. The van der Waals surface area contributed by atoms with Crippen molar-refractivity contribution in [2.24, 2.45) is 5.11 Å². The Bertz CT molecular complexity index is 290. The molecule has 1 saturated heterocycles. The Kier molecular flexibility index (Phi) is 3.90. The average Bonchev–Trinajstić information content (AvgIpc) is 2.11. The first-order chi connectivity index (χ1) is 7.04. The molecule has 1 aliphatic heterocycles. The normalized spacial score (nSPS) is 35.4. The molecule has 1 fully saturated rings. The van der Waals surface area contributed by atoms with Gasteiger partial charge < -0.3 is 14.6 Å². The van der Waals surface area contributed by atoms with Gasteiger partial charge in [-0.15, -0.1) is 0 Å². The maximum atomic E-state index is 10.8. The number of ether oxygens (including phenoxy) is 2. The maximum absolute atomic E-state index is 10.8. The summed E-state index contributed by atoms with van der Waals surface area (Å²) in [4.78, 5) is 13.5. The van der Waals surface area contributed by atoms with Crippen LogP contribution in [0.3, 0.4) is 0 Å². The molecule has 1 rings (SSSR count). The molecule has 7 nitrogen and oxygen atoms in total. The molecular weight excluding hydrogens is 202 g/mol. The monoisotopic (exact) mass is 215 g/mol. The fraction of sp³-hybridized carbons (Fsp3) is 0.875. The third kappa shape index (κ3) is 3.09. The fourth-order valence-corrected chi connectivity index (χ4v) is 1.58. The number of rotatable bonds is 2. The molecule has 0 saturated carbocycles. The molecule has 15 heavy (non-hydrogen) atoms. The van der Waals surface area contributed by atoms with Crippen LogP contribution in [0.1, 0.15) is 20.3 Å². The van der Waals surface area contributed by atoms with Gasteiger partial charge in [0.2, 0.25) is 0 Å². The summed E-state index contributed by atoms with van der Waals surface area (Å²) in [7, 11) is 0. The first kappa shape index (κ1) is 11.8. The highest BCUT2D eigenvalue weighted by Crippen LogP contribution is 2.24. The quantitative estimate of drug-likeness (QED) is 0.317. The summed E-state index contributed by atoms with van der Waals surface area (Å²) >= 11 is 0. The second-order valence-corrected chi connectivity index (χ2v) is 3.38. The zero-order valence-electron chi connectivity index (χ0n) is 8.53. The van der Waals surface area contributed by atoms with Gasteiger partial charge >= 0.3 is 5.97 Å². The summed E-state index contributed by atoms with van der Waals surface area (Å²) in [6.45, 7) is 2.92. The SMILES string of the molecule is CC(=O)O[C@@H]1[C@H](C)O[C@H](O)C[C@H]1N=[N+]=[N-]. The number of nitrogens with zero attached hydrogens (tertiary/aromatic N) is 3. The van der Waals surface area contributed by atoms with E-state index >= 15 is 0 Å². The van der Waals surface area contributed by atoms with E-state index in [1.165, 1.54) is 6.92 Å². The lowest BCUT2D eigenvalue weighted by atomic mass is 10.0. The Labute approximate surface area is 86.6 Å². The van der Waals surface area contributed by atoms with Crippen LogP contribution in [0.25, 0.3) is 10.4 Å². The third-order valence-electron chi connectivity index (χ3n) is 2.16. The third-order valence-corrected chi connectivity index (χ3v) is 2.16. The topological polar surface area (TPSA) is 105 Å². The molecule has 0 aromatic heterocycles. The molecule has 0 unspecified atom stereocenters. The van der Waals surface area contributed by atoms with Gasteiger partial charge in [0, 0.05) is 18.3 Å². The van der Waals surface area contributed by atoms with E-state index < -0.39 is 30.5 Å². The van der Waals surface area contributed by atoms with Gasteiger partial charge in [-0.1, -0.05) is 5.11 Å². The Hall–Kier alpha value is -1.30. The van der Waals surface area contributed by atoms with Gasteiger partial charge in [0.05, 0.1) is 12.1 Å². The van der Waals surface area contributed by atoms with E-state index in [-0.39, 0.29) is 6.42 Å². The van der Waals surface area contributed by atoms with Gasteiger partial charge in [0.15, 0.2) is 6.29 Å². The van der Waals surface area contributed by atoms with Gasteiger partial charge in [-0.3, -0.25) is 4.79 Å². The molecule has 1 aliphatic rings. The van der Waals surface area contributed by atoms with Crippen molar-refractivity contribution in [3.63, 3.8) is 0 Å².